The lowest BCUT2D eigenvalue weighted by Gasteiger charge is -2.07. The van der Waals surface area contributed by atoms with Crippen LogP contribution in [-0.4, -0.2) is 15.2 Å². The molecule has 2 aromatic heterocycles. The van der Waals surface area contributed by atoms with E-state index in [1.54, 1.807) is 24.3 Å². The van der Waals surface area contributed by atoms with Crippen LogP contribution in [0.15, 0.2) is 45.5 Å². The van der Waals surface area contributed by atoms with Gasteiger partial charge in [-0.25, -0.2) is 9.37 Å². The Morgan fingerprint density at radius 2 is 1.95 bits per heavy atom. The Hall–Kier alpha value is -1.99. The summed E-state index contributed by atoms with van der Waals surface area (Å²) in [5, 5.41) is 6.83. The van der Waals surface area contributed by atoms with Crippen molar-refractivity contribution in [2.75, 3.05) is 0 Å². The minimum absolute atomic E-state index is 0.306. The number of benzene rings is 1. The van der Waals surface area contributed by atoms with Crippen molar-refractivity contribution in [3.63, 3.8) is 0 Å². The number of hydrogen-bond donors (Lipinski definition) is 2. The fourth-order valence-corrected chi connectivity index (χ4v) is 2.09. The molecule has 0 bridgehead atoms. The normalized spacial score (nSPS) is 12.6. The summed E-state index contributed by atoms with van der Waals surface area (Å²) >= 11 is 3.22. The van der Waals surface area contributed by atoms with Crippen molar-refractivity contribution in [3.05, 3.63) is 58.3 Å². The van der Waals surface area contributed by atoms with Crippen molar-refractivity contribution in [1.29, 1.82) is 0 Å². The lowest BCUT2D eigenvalue weighted by molar-refractivity contribution is 0.551. The number of nitrogens with zero attached hydrogens (tertiary/aromatic N) is 2. The third-order valence-electron chi connectivity index (χ3n) is 2.82. The maximum atomic E-state index is 12.9. The van der Waals surface area contributed by atoms with E-state index in [4.69, 9.17) is 10.2 Å². The van der Waals surface area contributed by atoms with E-state index in [-0.39, 0.29) is 5.82 Å². The number of nitrogens with one attached hydrogen (secondary N) is 1. The number of H-pyrrole nitrogens is 1. The number of halogens is 2. The Bertz CT molecular complexity index is 722. The molecule has 20 heavy (non-hydrogen) atoms. The topological polar surface area (TPSA) is 80.7 Å². The van der Waals surface area contributed by atoms with Gasteiger partial charge >= 0.3 is 0 Å². The van der Waals surface area contributed by atoms with Crippen LogP contribution in [0.5, 0.6) is 0 Å². The maximum Gasteiger partial charge on any atom is 0.217 e. The van der Waals surface area contributed by atoms with Gasteiger partial charge in [-0.05, 0) is 45.8 Å². The number of aromatic nitrogens is 3. The standard InChI is InChI=1S/C13H10BrFN4O/c14-10-6-5-9(20-10)12-17-13(19-18-12)11(16)7-1-3-8(15)4-2-7/h1-6,11H,16H2,(H,17,18,19)/t11-/m1/s1. The molecule has 102 valence electrons. The molecule has 0 saturated carbocycles. The molecule has 0 aliphatic carbocycles. The Kier molecular flexibility index (Phi) is 3.37. The minimum atomic E-state index is -0.504. The molecule has 0 aliphatic heterocycles. The second-order valence-electron chi connectivity index (χ2n) is 4.18. The molecule has 7 heteroatoms. The van der Waals surface area contributed by atoms with Gasteiger partial charge in [-0.1, -0.05) is 12.1 Å². The molecule has 0 radical (unpaired) electrons. The second kappa shape index (κ2) is 5.18. The van der Waals surface area contributed by atoms with E-state index < -0.39 is 6.04 Å². The summed E-state index contributed by atoms with van der Waals surface area (Å²) in [6.07, 6.45) is 0. The Labute approximate surface area is 122 Å². The third kappa shape index (κ3) is 2.50. The summed E-state index contributed by atoms with van der Waals surface area (Å²) in [6, 6.07) is 8.95. The fourth-order valence-electron chi connectivity index (χ4n) is 1.79. The monoisotopic (exact) mass is 336 g/mol. The van der Waals surface area contributed by atoms with Crippen molar-refractivity contribution < 1.29 is 8.81 Å². The van der Waals surface area contributed by atoms with Gasteiger partial charge in [0.2, 0.25) is 5.82 Å². The van der Waals surface area contributed by atoms with Crippen LogP contribution in [0, 0.1) is 5.82 Å². The molecular formula is C13H10BrFN4O. The van der Waals surface area contributed by atoms with E-state index in [1.165, 1.54) is 12.1 Å². The van der Waals surface area contributed by atoms with Crippen LogP contribution < -0.4 is 5.73 Å². The van der Waals surface area contributed by atoms with Gasteiger partial charge in [-0.2, -0.15) is 0 Å². The number of nitrogens with two attached hydrogens (primary N) is 1. The zero-order valence-electron chi connectivity index (χ0n) is 10.2. The summed E-state index contributed by atoms with van der Waals surface area (Å²) in [7, 11) is 0. The van der Waals surface area contributed by atoms with Crippen molar-refractivity contribution in [2.24, 2.45) is 5.73 Å². The molecule has 2 heterocycles. The van der Waals surface area contributed by atoms with E-state index in [2.05, 4.69) is 31.1 Å². The van der Waals surface area contributed by atoms with Crippen LogP contribution in [-0.2, 0) is 0 Å². The number of furan rings is 1. The van der Waals surface area contributed by atoms with Gasteiger partial charge in [0.1, 0.15) is 11.6 Å². The average Bonchev–Trinajstić information content (AvgIpc) is 3.07. The predicted octanol–water partition coefficient (Wildman–Crippen LogP) is 3.01. The summed E-state index contributed by atoms with van der Waals surface area (Å²) in [5.74, 6) is 1.13. The smallest absolute Gasteiger partial charge is 0.217 e. The van der Waals surface area contributed by atoms with E-state index in [0.717, 1.165) is 5.56 Å². The average molecular weight is 337 g/mol. The van der Waals surface area contributed by atoms with Crippen LogP contribution in [0.1, 0.15) is 17.4 Å². The molecule has 0 unspecified atom stereocenters. The summed E-state index contributed by atoms with van der Waals surface area (Å²) < 4.78 is 18.9. The lowest BCUT2D eigenvalue weighted by Crippen LogP contribution is -2.13. The summed E-state index contributed by atoms with van der Waals surface area (Å²) in [4.78, 5) is 4.29. The zero-order chi connectivity index (χ0) is 14.1. The molecule has 3 N–H and O–H groups in total. The predicted molar refractivity (Wildman–Crippen MR) is 74.2 cm³/mol. The molecule has 3 rings (SSSR count). The number of rotatable bonds is 3. The molecule has 0 fully saturated rings. The van der Waals surface area contributed by atoms with E-state index in [1.807, 2.05) is 0 Å². The minimum Gasteiger partial charge on any atom is -0.446 e. The van der Waals surface area contributed by atoms with Gasteiger partial charge in [0.05, 0.1) is 6.04 Å². The first-order chi connectivity index (χ1) is 9.63. The molecule has 0 spiro atoms. The van der Waals surface area contributed by atoms with Crippen LogP contribution in [0.4, 0.5) is 4.39 Å². The lowest BCUT2D eigenvalue weighted by atomic mass is 10.1. The zero-order valence-corrected chi connectivity index (χ0v) is 11.8. The highest BCUT2D eigenvalue weighted by Gasteiger charge is 2.16. The highest BCUT2D eigenvalue weighted by molar-refractivity contribution is 9.10. The highest BCUT2D eigenvalue weighted by atomic mass is 79.9. The second-order valence-corrected chi connectivity index (χ2v) is 4.96. The van der Waals surface area contributed by atoms with E-state index in [0.29, 0.717) is 22.1 Å². The fraction of sp³-hybridized carbons (Fsp3) is 0.0769. The van der Waals surface area contributed by atoms with Gasteiger partial charge in [0.25, 0.3) is 0 Å². The van der Waals surface area contributed by atoms with E-state index in [9.17, 15) is 4.39 Å². The SMILES string of the molecule is N[C@H](c1ccc(F)cc1)c1nc(-c2ccc(Br)o2)n[nH]1. The van der Waals surface area contributed by atoms with Crippen molar-refractivity contribution in [2.45, 2.75) is 6.04 Å². The summed E-state index contributed by atoms with van der Waals surface area (Å²) in [5.41, 5.74) is 6.81. The van der Waals surface area contributed by atoms with Crippen molar-refractivity contribution >= 4 is 15.9 Å². The van der Waals surface area contributed by atoms with Crippen LogP contribution in [0.2, 0.25) is 0 Å². The third-order valence-corrected chi connectivity index (χ3v) is 3.25. The van der Waals surface area contributed by atoms with Gasteiger partial charge < -0.3 is 10.2 Å². The largest absolute Gasteiger partial charge is 0.446 e. The first-order valence-corrected chi connectivity index (χ1v) is 6.62. The Morgan fingerprint density at radius 1 is 1.20 bits per heavy atom. The first kappa shape index (κ1) is 13.0. The van der Waals surface area contributed by atoms with Crippen molar-refractivity contribution in [1.82, 2.24) is 15.2 Å². The van der Waals surface area contributed by atoms with Crippen molar-refractivity contribution in [3.8, 4) is 11.6 Å². The number of aromatic amines is 1. The van der Waals surface area contributed by atoms with Crippen LogP contribution >= 0.6 is 15.9 Å². The van der Waals surface area contributed by atoms with Crippen LogP contribution in [0.25, 0.3) is 11.6 Å². The highest BCUT2D eigenvalue weighted by Crippen LogP contribution is 2.24. The molecule has 0 amide bonds. The first-order valence-electron chi connectivity index (χ1n) is 5.82. The molecule has 0 saturated heterocycles. The maximum absolute atomic E-state index is 12.9. The molecule has 3 aromatic rings. The van der Waals surface area contributed by atoms with Gasteiger partial charge in [-0.15, -0.1) is 5.10 Å². The van der Waals surface area contributed by atoms with Gasteiger partial charge in [0.15, 0.2) is 10.4 Å². The molecule has 1 aromatic carbocycles. The summed E-state index contributed by atoms with van der Waals surface area (Å²) in [6.45, 7) is 0. The molecule has 5 nitrogen and oxygen atoms in total. The van der Waals surface area contributed by atoms with Gasteiger partial charge in [0, 0.05) is 0 Å². The molecule has 0 aliphatic rings. The number of hydrogen-bond acceptors (Lipinski definition) is 4. The molecule has 1 atom stereocenters. The quantitative estimate of drug-likeness (QED) is 0.770. The molecular weight excluding hydrogens is 327 g/mol. The van der Waals surface area contributed by atoms with Gasteiger partial charge in [-0.3, -0.25) is 5.10 Å². The van der Waals surface area contributed by atoms with Crippen LogP contribution in [0.3, 0.4) is 0 Å². The Morgan fingerprint density at radius 3 is 2.60 bits per heavy atom. The van der Waals surface area contributed by atoms with E-state index >= 15 is 0 Å². The Balaban J connectivity index is 1.88.